The molecule has 0 bridgehead atoms. The minimum atomic E-state index is -0.273. The van der Waals surface area contributed by atoms with E-state index in [1.165, 1.54) is 44.9 Å². The highest BCUT2D eigenvalue weighted by Crippen LogP contribution is 2.24. The Morgan fingerprint density at radius 3 is 2.07 bits per heavy atom. The van der Waals surface area contributed by atoms with Gasteiger partial charge < -0.3 is 14.3 Å². The van der Waals surface area contributed by atoms with E-state index in [1.807, 2.05) is 25.1 Å². The van der Waals surface area contributed by atoms with Crippen LogP contribution in [-0.4, -0.2) is 18.3 Å². The summed E-state index contributed by atoms with van der Waals surface area (Å²) in [5.41, 5.74) is 1.97. The SMILES string of the molecule is Cc1c(C)c2ccc(OCCCCCCCCCCCCO)cc2oc1=O. The molecule has 0 fully saturated rings. The normalized spacial score (nSPS) is 11.2. The van der Waals surface area contributed by atoms with Gasteiger partial charge in [-0.25, -0.2) is 4.79 Å². The fourth-order valence-corrected chi connectivity index (χ4v) is 3.34. The predicted molar refractivity (Wildman–Crippen MR) is 111 cm³/mol. The zero-order valence-corrected chi connectivity index (χ0v) is 16.9. The van der Waals surface area contributed by atoms with Crippen LogP contribution in [0.15, 0.2) is 27.4 Å². The van der Waals surface area contributed by atoms with E-state index in [0.29, 0.717) is 24.4 Å². The second-order valence-corrected chi connectivity index (χ2v) is 7.41. The average molecular weight is 375 g/mol. The van der Waals surface area contributed by atoms with E-state index in [0.717, 1.165) is 36.0 Å². The van der Waals surface area contributed by atoms with Crippen LogP contribution in [0.1, 0.15) is 75.3 Å². The zero-order chi connectivity index (χ0) is 19.5. The molecular weight excluding hydrogens is 340 g/mol. The van der Waals surface area contributed by atoms with Gasteiger partial charge in [-0.15, -0.1) is 0 Å². The highest BCUT2D eigenvalue weighted by atomic mass is 16.5. The molecule has 0 unspecified atom stereocenters. The van der Waals surface area contributed by atoms with Crippen molar-refractivity contribution in [2.45, 2.75) is 78.1 Å². The van der Waals surface area contributed by atoms with Crippen molar-refractivity contribution in [1.82, 2.24) is 0 Å². The van der Waals surface area contributed by atoms with Crippen molar-refractivity contribution in [3.63, 3.8) is 0 Å². The van der Waals surface area contributed by atoms with Crippen LogP contribution in [0.5, 0.6) is 5.75 Å². The Kier molecular flexibility index (Phi) is 9.40. The second kappa shape index (κ2) is 11.8. The highest BCUT2D eigenvalue weighted by molar-refractivity contribution is 5.82. The third-order valence-corrected chi connectivity index (χ3v) is 5.25. The maximum atomic E-state index is 11.8. The van der Waals surface area contributed by atoms with Crippen molar-refractivity contribution in [2.24, 2.45) is 0 Å². The van der Waals surface area contributed by atoms with E-state index < -0.39 is 0 Å². The molecule has 1 aromatic carbocycles. The van der Waals surface area contributed by atoms with E-state index in [-0.39, 0.29) is 5.63 Å². The molecule has 1 heterocycles. The number of aryl methyl sites for hydroxylation is 1. The van der Waals surface area contributed by atoms with Crippen LogP contribution >= 0.6 is 0 Å². The molecule has 4 nitrogen and oxygen atoms in total. The van der Waals surface area contributed by atoms with Gasteiger partial charge in [-0.3, -0.25) is 0 Å². The molecule has 0 amide bonds. The lowest BCUT2D eigenvalue weighted by Gasteiger charge is -2.09. The van der Waals surface area contributed by atoms with E-state index in [9.17, 15) is 4.79 Å². The van der Waals surface area contributed by atoms with Crippen LogP contribution in [0, 0.1) is 13.8 Å². The molecule has 0 aliphatic carbocycles. The first-order chi connectivity index (χ1) is 13.1. The zero-order valence-electron chi connectivity index (χ0n) is 16.9. The van der Waals surface area contributed by atoms with Crippen molar-refractivity contribution in [3.05, 3.63) is 39.7 Å². The fourth-order valence-electron chi connectivity index (χ4n) is 3.34. The van der Waals surface area contributed by atoms with E-state index in [2.05, 4.69) is 0 Å². The van der Waals surface area contributed by atoms with Gasteiger partial charge in [-0.05, 0) is 44.4 Å². The van der Waals surface area contributed by atoms with E-state index in [1.54, 1.807) is 6.92 Å². The Labute approximate surface area is 162 Å². The number of unbranched alkanes of at least 4 members (excludes halogenated alkanes) is 9. The summed E-state index contributed by atoms with van der Waals surface area (Å²) in [6.07, 6.45) is 12.0. The Morgan fingerprint density at radius 2 is 1.44 bits per heavy atom. The Bertz CT molecular complexity index is 748. The summed E-state index contributed by atoms with van der Waals surface area (Å²) >= 11 is 0. The number of aliphatic hydroxyl groups excluding tert-OH is 1. The number of rotatable bonds is 13. The molecule has 0 saturated carbocycles. The Hall–Kier alpha value is -1.81. The molecule has 2 aromatic rings. The van der Waals surface area contributed by atoms with Crippen LogP contribution < -0.4 is 10.4 Å². The lowest BCUT2D eigenvalue weighted by atomic mass is 10.1. The van der Waals surface area contributed by atoms with Crippen LogP contribution in [0.25, 0.3) is 11.0 Å². The largest absolute Gasteiger partial charge is 0.493 e. The standard InChI is InChI=1S/C23H34O4/c1-18-19(2)23(25)27-22-17-20(13-14-21(18)22)26-16-12-10-8-6-4-3-5-7-9-11-15-24/h13-14,17,24H,3-12,15-16H2,1-2H3. The van der Waals surface area contributed by atoms with Gasteiger partial charge in [0.05, 0.1) is 6.61 Å². The number of hydrogen-bond donors (Lipinski definition) is 1. The minimum absolute atomic E-state index is 0.273. The smallest absolute Gasteiger partial charge is 0.339 e. The molecule has 0 atom stereocenters. The van der Waals surface area contributed by atoms with Crippen molar-refractivity contribution < 1.29 is 14.3 Å². The van der Waals surface area contributed by atoms with E-state index in [4.69, 9.17) is 14.3 Å². The quantitative estimate of drug-likeness (QED) is 0.362. The van der Waals surface area contributed by atoms with Gasteiger partial charge >= 0.3 is 5.63 Å². The molecule has 150 valence electrons. The van der Waals surface area contributed by atoms with Gasteiger partial charge in [-0.2, -0.15) is 0 Å². The fraction of sp³-hybridized carbons (Fsp3) is 0.609. The summed E-state index contributed by atoms with van der Waals surface area (Å²) < 4.78 is 11.2. The number of hydrogen-bond acceptors (Lipinski definition) is 4. The van der Waals surface area contributed by atoms with Crippen LogP contribution in [-0.2, 0) is 0 Å². The molecule has 1 aromatic heterocycles. The topological polar surface area (TPSA) is 59.7 Å². The first-order valence-corrected chi connectivity index (χ1v) is 10.4. The maximum absolute atomic E-state index is 11.8. The monoisotopic (exact) mass is 374 g/mol. The van der Waals surface area contributed by atoms with Crippen molar-refractivity contribution in [2.75, 3.05) is 13.2 Å². The molecule has 4 heteroatoms. The first kappa shape index (κ1) is 21.5. The summed E-state index contributed by atoms with van der Waals surface area (Å²) in [6.45, 7) is 4.77. The average Bonchev–Trinajstić information content (AvgIpc) is 2.67. The predicted octanol–water partition coefficient (Wildman–Crippen LogP) is 5.68. The molecule has 0 radical (unpaired) electrons. The van der Waals surface area contributed by atoms with Gasteiger partial charge in [0.1, 0.15) is 11.3 Å². The first-order valence-electron chi connectivity index (χ1n) is 10.4. The molecule has 0 aliphatic rings. The van der Waals surface area contributed by atoms with Gasteiger partial charge in [-0.1, -0.05) is 51.4 Å². The van der Waals surface area contributed by atoms with E-state index >= 15 is 0 Å². The lowest BCUT2D eigenvalue weighted by molar-refractivity contribution is 0.282. The van der Waals surface area contributed by atoms with Gasteiger partial charge in [0.2, 0.25) is 0 Å². The number of ether oxygens (including phenoxy) is 1. The second-order valence-electron chi connectivity index (χ2n) is 7.41. The third kappa shape index (κ3) is 7.02. The lowest BCUT2D eigenvalue weighted by Crippen LogP contribution is -2.05. The maximum Gasteiger partial charge on any atom is 0.339 e. The van der Waals surface area contributed by atoms with Crippen LogP contribution in [0.3, 0.4) is 0 Å². The number of fused-ring (bicyclic) bond motifs is 1. The summed E-state index contributed by atoms with van der Waals surface area (Å²) in [6, 6.07) is 5.74. The molecular formula is C23H34O4. The molecule has 0 aliphatic heterocycles. The molecule has 27 heavy (non-hydrogen) atoms. The number of aliphatic hydroxyl groups is 1. The third-order valence-electron chi connectivity index (χ3n) is 5.25. The Balaban J connectivity index is 1.61. The number of benzene rings is 1. The summed E-state index contributed by atoms with van der Waals surface area (Å²) in [5, 5.41) is 9.70. The Morgan fingerprint density at radius 1 is 0.852 bits per heavy atom. The summed E-state index contributed by atoms with van der Waals surface area (Å²) in [7, 11) is 0. The highest BCUT2D eigenvalue weighted by Gasteiger charge is 2.08. The molecule has 0 saturated heterocycles. The summed E-state index contributed by atoms with van der Waals surface area (Å²) in [4.78, 5) is 11.8. The molecule has 0 spiro atoms. The van der Waals surface area contributed by atoms with Crippen molar-refractivity contribution in [3.8, 4) is 5.75 Å². The molecule has 2 rings (SSSR count). The van der Waals surface area contributed by atoms with Crippen LogP contribution in [0.2, 0.25) is 0 Å². The minimum Gasteiger partial charge on any atom is -0.493 e. The van der Waals surface area contributed by atoms with Gasteiger partial charge in [0.15, 0.2) is 0 Å². The van der Waals surface area contributed by atoms with Crippen molar-refractivity contribution in [1.29, 1.82) is 0 Å². The molecule has 1 N–H and O–H groups in total. The van der Waals surface area contributed by atoms with Crippen molar-refractivity contribution >= 4 is 11.0 Å². The van der Waals surface area contributed by atoms with Crippen LogP contribution in [0.4, 0.5) is 0 Å². The van der Waals surface area contributed by atoms with Gasteiger partial charge in [0.25, 0.3) is 0 Å². The van der Waals surface area contributed by atoms with Gasteiger partial charge in [0, 0.05) is 23.6 Å². The summed E-state index contributed by atoms with van der Waals surface area (Å²) in [5.74, 6) is 0.761.